The number of halogens is 1. The van der Waals surface area contributed by atoms with E-state index in [1.165, 1.54) is 14.2 Å². The Morgan fingerprint density at radius 2 is 1.72 bits per heavy atom. The number of phenolic OH excluding ortho intramolecular Hbond substituents is 1. The number of nitrogens with two attached hydrogens (primary N) is 1. The summed E-state index contributed by atoms with van der Waals surface area (Å²) in [7, 11) is 2.53. The second kappa shape index (κ2) is 11.9. The first-order valence-electron chi connectivity index (χ1n) is 8.08. The van der Waals surface area contributed by atoms with Crippen molar-refractivity contribution in [1.29, 1.82) is 5.26 Å². The fourth-order valence-corrected chi connectivity index (χ4v) is 2.12. The highest BCUT2D eigenvalue weighted by molar-refractivity contribution is 6.61. The molecule has 0 aliphatic rings. The van der Waals surface area contributed by atoms with Crippen LogP contribution in [-0.2, 0) is 15.9 Å². The summed E-state index contributed by atoms with van der Waals surface area (Å²) < 4.78 is 13.7. The summed E-state index contributed by atoms with van der Waals surface area (Å²) in [6.07, 6.45) is 0.271. The summed E-state index contributed by atoms with van der Waals surface area (Å²) in [5.41, 5.74) is 6.36. The number of nitriles is 1. The number of para-hydroxylation sites is 2. The minimum absolute atomic E-state index is 0.0954. The van der Waals surface area contributed by atoms with Crippen LogP contribution in [0.3, 0.4) is 0 Å². The lowest BCUT2D eigenvalue weighted by atomic mass is 10.1. The van der Waals surface area contributed by atoms with E-state index in [9.17, 15) is 9.59 Å². The Morgan fingerprint density at radius 1 is 1.14 bits per heavy atom. The fourth-order valence-electron chi connectivity index (χ4n) is 2.12. The van der Waals surface area contributed by atoms with E-state index in [0.717, 1.165) is 0 Å². The number of fused-ring (bicyclic) bond motifs is 1. The van der Waals surface area contributed by atoms with Gasteiger partial charge in [0, 0.05) is 22.6 Å². The lowest BCUT2D eigenvalue weighted by Crippen LogP contribution is -2.03. The zero-order valence-electron chi connectivity index (χ0n) is 15.7. The fraction of sp³-hybridized carbons (Fsp3) is 0.150. The van der Waals surface area contributed by atoms with E-state index in [2.05, 4.69) is 21.1 Å². The molecule has 29 heavy (non-hydrogen) atoms. The first-order chi connectivity index (χ1) is 13.8. The Hall–Kier alpha value is -3.70. The van der Waals surface area contributed by atoms with Crippen molar-refractivity contribution in [2.45, 2.75) is 6.42 Å². The Kier molecular flexibility index (Phi) is 9.57. The molecule has 0 saturated carbocycles. The standard InChI is InChI=1S/C10H9NO3.C8H7NO.C2H3ClO2/c1-13-10(12)8-6-4-2-3-5-7(6)14-9(8)11;9-6-5-7-3-1-2-4-8(7)10;1-5-2(3)4/h2-5H,11H2,1H3;1-4,10H,5H2;1H3. The molecule has 3 aromatic rings. The monoisotopic (exact) mass is 418 g/mol. The molecule has 2 aromatic carbocycles. The summed E-state index contributed by atoms with van der Waals surface area (Å²) in [5, 5.41) is 18.1. The van der Waals surface area contributed by atoms with Gasteiger partial charge >= 0.3 is 11.4 Å². The van der Waals surface area contributed by atoms with Crippen molar-refractivity contribution in [3.05, 3.63) is 59.7 Å². The molecule has 0 spiro atoms. The molecule has 9 heteroatoms. The molecule has 3 N–H and O–H groups in total. The number of esters is 1. The maximum atomic E-state index is 11.3. The molecule has 0 amide bonds. The van der Waals surface area contributed by atoms with Crippen LogP contribution in [0.4, 0.5) is 10.7 Å². The minimum Gasteiger partial charge on any atom is -0.508 e. The highest BCUT2D eigenvalue weighted by Crippen LogP contribution is 2.27. The second-order valence-electron chi connectivity index (χ2n) is 5.23. The van der Waals surface area contributed by atoms with Crippen LogP contribution in [0.1, 0.15) is 15.9 Å². The molecule has 1 aromatic heterocycles. The van der Waals surface area contributed by atoms with E-state index in [4.69, 9.17) is 20.5 Å². The molecule has 0 aliphatic carbocycles. The molecule has 3 rings (SSSR count). The first-order valence-corrected chi connectivity index (χ1v) is 8.46. The average molecular weight is 419 g/mol. The summed E-state index contributed by atoms with van der Waals surface area (Å²) in [5.74, 6) is -0.186. The predicted molar refractivity (Wildman–Crippen MR) is 108 cm³/mol. The van der Waals surface area contributed by atoms with E-state index >= 15 is 0 Å². The number of anilines is 1. The number of nitrogens with zero attached hydrogens (tertiary/aromatic N) is 1. The van der Waals surface area contributed by atoms with E-state index in [1.807, 2.05) is 18.2 Å². The summed E-state index contributed by atoms with van der Waals surface area (Å²) >= 11 is 4.60. The second-order valence-corrected chi connectivity index (χ2v) is 5.54. The molecule has 0 radical (unpaired) electrons. The Balaban J connectivity index is 0.000000245. The van der Waals surface area contributed by atoms with E-state index in [-0.39, 0.29) is 18.1 Å². The van der Waals surface area contributed by atoms with Crippen molar-refractivity contribution >= 4 is 39.9 Å². The van der Waals surface area contributed by atoms with Crippen molar-refractivity contribution in [2.24, 2.45) is 0 Å². The summed E-state index contributed by atoms with van der Waals surface area (Å²) in [4.78, 5) is 20.7. The maximum absolute atomic E-state index is 11.3. The normalized spacial score (nSPS) is 9.17. The van der Waals surface area contributed by atoms with Gasteiger partial charge in [0.2, 0.25) is 5.88 Å². The van der Waals surface area contributed by atoms with Gasteiger partial charge in [0.05, 0.1) is 26.7 Å². The van der Waals surface area contributed by atoms with Crippen LogP contribution in [-0.4, -0.2) is 30.7 Å². The van der Waals surface area contributed by atoms with E-state index in [1.54, 1.807) is 36.4 Å². The van der Waals surface area contributed by atoms with Crippen LogP contribution >= 0.6 is 11.6 Å². The Labute approximate surface area is 172 Å². The molecule has 0 saturated heterocycles. The van der Waals surface area contributed by atoms with Crippen molar-refractivity contribution in [3.8, 4) is 11.8 Å². The van der Waals surface area contributed by atoms with Crippen LogP contribution in [0.2, 0.25) is 0 Å². The van der Waals surface area contributed by atoms with Crippen LogP contribution < -0.4 is 5.73 Å². The SMILES string of the molecule is COC(=O)Cl.COC(=O)c1c(N)oc2ccccc12.N#CCc1ccccc1O. The van der Waals surface area contributed by atoms with Crippen LogP contribution in [0.5, 0.6) is 5.75 Å². The van der Waals surface area contributed by atoms with Gasteiger partial charge in [-0.1, -0.05) is 36.4 Å². The number of ether oxygens (including phenoxy) is 2. The smallest absolute Gasteiger partial charge is 0.403 e. The average Bonchev–Trinajstić information content (AvgIpc) is 3.06. The van der Waals surface area contributed by atoms with Crippen LogP contribution in [0, 0.1) is 11.3 Å². The summed E-state index contributed by atoms with van der Waals surface area (Å²) in [6, 6.07) is 15.9. The van der Waals surface area contributed by atoms with Gasteiger partial charge in [-0.05, 0) is 12.1 Å². The molecule has 0 bridgehead atoms. The number of hydrogen-bond acceptors (Lipinski definition) is 8. The largest absolute Gasteiger partial charge is 0.508 e. The van der Waals surface area contributed by atoms with Gasteiger partial charge in [0.1, 0.15) is 16.9 Å². The summed E-state index contributed by atoms with van der Waals surface area (Å²) in [6.45, 7) is 0. The number of hydrogen-bond donors (Lipinski definition) is 2. The first kappa shape index (κ1) is 23.3. The van der Waals surface area contributed by atoms with E-state index in [0.29, 0.717) is 22.1 Å². The number of rotatable bonds is 2. The van der Waals surface area contributed by atoms with E-state index < -0.39 is 11.4 Å². The molecule has 152 valence electrons. The Bertz CT molecular complexity index is 1010. The molecule has 0 unspecified atom stereocenters. The zero-order valence-corrected chi connectivity index (χ0v) is 16.5. The number of furan rings is 1. The molecular weight excluding hydrogens is 400 g/mol. The zero-order chi connectivity index (χ0) is 21.8. The van der Waals surface area contributed by atoms with Crippen molar-refractivity contribution < 1.29 is 28.6 Å². The van der Waals surface area contributed by atoms with Gasteiger partial charge in [0.25, 0.3) is 0 Å². The number of methoxy groups -OCH3 is 2. The number of nitrogen functional groups attached to an aromatic ring is 1. The van der Waals surface area contributed by atoms with Gasteiger partial charge in [-0.25, -0.2) is 9.59 Å². The molecule has 0 aliphatic heterocycles. The molecular formula is C20H19ClN2O6. The lowest BCUT2D eigenvalue weighted by molar-refractivity contribution is 0.0603. The molecule has 8 nitrogen and oxygen atoms in total. The third-order valence-corrected chi connectivity index (χ3v) is 3.59. The number of carbonyl (C=O) groups excluding carboxylic acids is 2. The molecule has 0 atom stereocenters. The van der Waals surface area contributed by atoms with Gasteiger partial charge in [-0.15, -0.1) is 0 Å². The highest BCUT2D eigenvalue weighted by atomic mass is 35.5. The van der Waals surface area contributed by atoms with Gasteiger partial charge in [-0.3, -0.25) is 0 Å². The molecule has 0 fully saturated rings. The van der Waals surface area contributed by atoms with Gasteiger partial charge in [0.15, 0.2) is 0 Å². The topological polar surface area (TPSA) is 136 Å². The quantitative estimate of drug-likeness (QED) is 0.465. The van der Waals surface area contributed by atoms with Crippen molar-refractivity contribution in [3.63, 3.8) is 0 Å². The number of phenols is 1. The third-order valence-electron chi connectivity index (χ3n) is 3.43. The number of benzene rings is 2. The van der Waals surface area contributed by atoms with Crippen molar-refractivity contribution in [2.75, 3.05) is 20.0 Å². The number of aromatic hydroxyl groups is 1. The van der Waals surface area contributed by atoms with Gasteiger partial charge < -0.3 is 24.7 Å². The minimum atomic E-state index is -0.773. The number of carbonyl (C=O) groups is 2. The van der Waals surface area contributed by atoms with Crippen LogP contribution in [0.15, 0.2) is 52.9 Å². The lowest BCUT2D eigenvalue weighted by Gasteiger charge is -1.95. The van der Waals surface area contributed by atoms with Crippen molar-refractivity contribution in [1.82, 2.24) is 0 Å². The van der Waals surface area contributed by atoms with Gasteiger partial charge in [-0.2, -0.15) is 5.26 Å². The maximum Gasteiger partial charge on any atom is 0.403 e. The highest BCUT2D eigenvalue weighted by Gasteiger charge is 2.18. The third kappa shape index (κ3) is 7.08. The predicted octanol–water partition coefficient (Wildman–Crippen LogP) is 4.25. The Morgan fingerprint density at radius 3 is 2.28 bits per heavy atom. The molecule has 1 heterocycles. The van der Waals surface area contributed by atoms with Crippen LogP contribution in [0.25, 0.3) is 11.0 Å².